The number of rotatable bonds is 4. The van der Waals surface area contributed by atoms with Gasteiger partial charge in [-0.1, -0.05) is 12.7 Å². The summed E-state index contributed by atoms with van der Waals surface area (Å²) in [5.74, 6) is -0.127. The highest BCUT2D eigenvalue weighted by atomic mass is 32.2. The Morgan fingerprint density at radius 2 is 2.00 bits per heavy atom. The molecule has 0 aliphatic rings. The molecule has 1 aromatic carbocycles. The maximum atomic E-state index is 11.6. The van der Waals surface area contributed by atoms with Crippen LogP contribution in [0.15, 0.2) is 23.6 Å². The average molecular weight is 253 g/mol. The van der Waals surface area contributed by atoms with Gasteiger partial charge in [-0.2, -0.15) is 0 Å². The second kappa shape index (κ2) is 4.71. The number of sulfone groups is 1. The zero-order valence-corrected chi connectivity index (χ0v) is 10.9. The van der Waals surface area contributed by atoms with Gasteiger partial charge in [-0.25, -0.2) is 8.42 Å². The molecule has 1 aromatic rings. The summed E-state index contributed by atoms with van der Waals surface area (Å²) in [5.41, 5.74) is 1.38. The predicted octanol–water partition coefficient (Wildman–Crippen LogP) is 1.98. The fraction of sp³-hybridized carbons (Fsp3) is 0.250. The first-order valence-corrected chi connectivity index (χ1v) is 6.90. The van der Waals surface area contributed by atoms with Crippen LogP contribution in [0.25, 0.3) is 6.08 Å². The molecular weight excluding hydrogens is 238 g/mol. The highest BCUT2D eigenvalue weighted by Gasteiger charge is 2.18. The molecule has 0 heterocycles. The van der Waals surface area contributed by atoms with E-state index in [1.807, 2.05) is 0 Å². The summed E-state index contributed by atoms with van der Waals surface area (Å²) in [4.78, 5) is 11.6. The smallest absolute Gasteiger partial charge is 0.176 e. The van der Waals surface area contributed by atoms with E-state index < -0.39 is 9.84 Å². The molecule has 0 saturated heterocycles. The lowest BCUT2D eigenvalue weighted by Crippen LogP contribution is -2.07. The van der Waals surface area contributed by atoms with Crippen molar-refractivity contribution in [2.75, 3.05) is 18.6 Å². The SMILES string of the molecule is C=Cc1c(S(C)(=O)=O)ccc(C(C)=O)c1NC. The summed E-state index contributed by atoms with van der Waals surface area (Å²) in [6, 6.07) is 2.95. The summed E-state index contributed by atoms with van der Waals surface area (Å²) in [7, 11) is -1.70. The van der Waals surface area contributed by atoms with Crippen molar-refractivity contribution < 1.29 is 13.2 Å². The molecule has 4 nitrogen and oxygen atoms in total. The third-order valence-corrected chi connectivity index (χ3v) is 3.59. The lowest BCUT2D eigenvalue weighted by Gasteiger charge is -2.13. The second-order valence-electron chi connectivity index (χ2n) is 3.68. The van der Waals surface area contributed by atoms with Crippen LogP contribution in [0.1, 0.15) is 22.8 Å². The molecule has 0 aromatic heterocycles. The Balaban J connectivity index is 3.72. The molecule has 0 bridgehead atoms. The molecule has 0 spiro atoms. The van der Waals surface area contributed by atoms with Crippen LogP contribution in [0, 0.1) is 0 Å². The van der Waals surface area contributed by atoms with Crippen molar-refractivity contribution in [3.05, 3.63) is 29.8 Å². The van der Waals surface area contributed by atoms with Gasteiger partial charge in [0.1, 0.15) is 0 Å². The van der Waals surface area contributed by atoms with Crippen LogP contribution in [0.3, 0.4) is 0 Å². The molecule has 1 rings (SSSR count). The Morgan fingerprint density at radius 1 is 1.41 bits per heavy atom. The maximum absolute atomic E-state index is 11.6. The standard InChI is InChI=1S/C12H15NO3S/c1-5-9-11(17(4,15)16)7-6-10(8(2)14)12(9)13-3/h5-7,13H,1H2,2-4H3. The van der Waals surface area contributed by atoms with Crippen LogP contribution in [0.2, 0.25) is 0 Å². The van der Waals surface area contributed by atoms with E-state index in [0.29, 0.717) is 16.8 Å². The monoisotopic (exact) mass is 253 g/mol. The van der Waals surface area contributed by atoms with Gasteiger partial charge in [-0.15, -0.1) is 0 Å². The third-order valence-electron chi connectivity index (χ3n) is 2.44. The molecule has 0 unspecified atom stereocenters. The highest BCUT2D eigenvalue weighted by Crippen LogP contribution is 2.29. The van der Waals surface area contributed by atoms with Gasteiger partial charge < -0.3 is 5.32 Å². The average Bonchev–Trinajstić information content (AvgIpc) is 2.25. The van der Waals surface area contributed by atoms with Crippen LogP contribution in [0.4, 0.5) is 5.69 Å². The number of ketones is 1. The lowest BCUT2D eigenvalue weighted by molar-refractivity contribution is 0.101. The molecule has 1 N–H and O–H groups in total. The number of hydrogen-bond acceptors (Lipinski definition) is 4. The maximum Gasteiger partial charge on any atom is 0.176 e. The topological polar surface area (TPSA) is 63.2 Å². The Morgan fingerprint density at radius 3 is 2.35 bits per heavy atom. The number of nitrogens with one attached hydrogen (secondary N) is 1. The normalized spacial score (nSPS) is 11.0. The Bertz CT molecular complexity index is 574. The molecule has 92 valence electrons. The molecule has 0 atom stereocenters. The summed E-state index contributed by atoms with van der Waals surface area (Å²) in [6.45, 7) is 5.03. The fourth-order valence-electron chi connectivity index (χ4n) is 1.69. The van der Waals surface area contributed by atoms with Gasteiger partial charge in [-0.05, 0) is 19.1 Å². The van der Waals surface area contributed by atoms with Crippen LogP contribution in [0.5, 0.6) is 0 Å². The van der Waals surface area contributed by atoms with Gasteiger partial charge in [0.05, 0.1) is 10.6 Å². The number of carbonyl (C=O) groups excluding carboxylic acids is 1. The number of benzene rings is 1. The van der Waals surface area contributed by atoms with E-state index in [1.165, 1.54) is 25.1 Å². The number of hydrogen-bond donors (Lipinski definition) is 1. The molecule has 0 amide bonds. The van der Waals surface area contributed by atoms with Gasteiger partial charge in [0.25, 0.3) is 0 Å². The largest absolute Gasteiger partial charge is 0.387 e. The van der Waals surface area contributed by atoms with Crippen molar-refractivity contribution >= 4 is 27.4 Å². The minimum Gasteiger partial charge on any atom is -0.387 e. The van der Waals surface area contributed by atoms with Crippen molar-refractivity contribution in [1.29, 1.82) is 0 Å². The van der Waals surface area contributed by atoms with Gasteiger partial charge in [0, 0.05) is 24.4 Å². The molecule has 17 heavy (non-hydrogen) atoms. The van der Waals surface area contributed by atoms with E-state index in [-0.39, 0.29) is 10.7 Å². The lowest BCUT2D eigenvalue weighted by atomic mass is 10.0. The molecule has 0 aliphatic heterocycles. The third kappa shape index (κ3) is 2.55. The molecule has 0 aliphatic carbocycles. The minimum atomic E-state index is -3.34. The number of carbonyl (C=O) groups is 1. The fourth-order valence-corrected chi connectivity index (χ4v) is 2.59. The van der Waals surface area contributed by atoms with Crippen LogP contribution in [-0.2, 0) is 9.84 Å². The molecule has 0 saturated carbocycles. The van der Waals surface area contributed by atoms with Gasteiger partial charge in [-0.3, -0.25) is 4.79 Å². The van der Waals surface area contributed by atoms with Gasteiger partial charge in [0.15, 0.2) is 15.6 Å². The molecule has 0 fully saturated rings. The van der Waals surface area contributed by atoms with E-state index in [1.54, 1.807) is 7.05 Å². The van der Waals surface area contributed by atoms with E-state index in [0.717, 1.165) is 6.26 Å². The zero-order chi connectivity index (χ0) is 13.2. The summed E-state index contributed by atoms with van der Waals surface area (Å²) in [5, 5.41) is 2.85. The van der Waals surface area contributed by atoms with Gasteiger partial charge in [0.2, 0.25) is 0 Å². The second-order valence-corrected chi connectivity index (χ2v) is 5.67. The van der Waals surface area contributed by atoms with Crippen molar-refractivity contribution in [2.24, 2.45) is 0 Å². The minimum absolute atomic E-state index is 0.127. The summed E-state index contributed by atoms with van der Waals surface area (Å²) in [6.07, 6.45) is 2.57. The van der Waals surface area contributed by atoms with Crippen LogP contribution >= 0.6 is 0 Å². The van der Waals surface area contributed by atoms with Crippen molar-refractivity contribution in [1.82, 2.24) is 0 Å². The van der Waals surface area contributed by atoms with E-state index in [2.05, 4.69) is 11.9 Å². The number of anilines is 1. The number of Topliss-reactive ketones (excluding diaryl/α,β-unsaturated/α-hetero) is 1. The summed E-state index contributed by atoms with van der Waals surface area (Å²) < 4.78 is 23.2. The molecule has 5 heteroatoms. The first kappa shape index (κ1) is 13.4. The molecule has 0 radical (unpaired) electrons. The summed E-state index contributed by atoms with van der Waals surface area (Å²) >= 11 is 0. The van der Waals surface area contributed by atoms with Gasteiger partial charge >= 0.3 is 0 Å². The van der Waals surface area contributed by atoms with Crippen molar-refractivity contribution in [3.8, 4) is 0 Å². The zero-order valence-electron chi connectivity index (χ0n) is 10.1. The Hall–Kier alpha value is -1.62. The van der Waals surface area contributed by atoms with Crippen molar-refractivity contribution in [3.63, 3.8) is 0 Å². The van der Waals surface area contributed by atoms with Crippen LogP contribution in [-0.4, -0.2) is 27.5 Å². The van der Waals surface area contributed by atoms with E-state index in [9.17, 15) is 13.2 Å². The van der Waals surface area contributed by atoms with Crippen LogP contribution < -0.4 is 5.32 Å². The highest BCUT2D eigenvalue weighted by molar-refractivity contribution is 7.90. The Labute approximate surface area is 101 Å². The first-order chi connectivity index (χ1) is 7.82. The van der Waals surface area contributed by atoms with E-state index >= 15 is 0 Å². The molecular formula is C12H15NO3S. The van der Waals surface area contributed by atoms with Crippen molar-refractivity contribution in [2.45, 2.75) is 11.8 Å². The van der Waals surface area contributed by atoms with E-state index in [4.69, 9.17) is 0 Å². The quantitative estimate of drug-likeness (QED) is 0.833. The Kier molecular flexibility index (Phi) is 3.72. The first-order valence-electron chi connectivity index (χ1n) is 5.01. The predicted molar refractivity (Wildman–Crippen MR) is 69.2 cm³/mol.